The van der Waals surface area contributed by atoms with Crippen LogP contribution in [0.3, 0.4) is 0 Å². The van der Waals surface area contributed by atoms with Crippen LogP contribution in [0.5, 0.6) is 0 Å². The highest BCUT2D eigenvalue weighted by Crippen LogP contribution is 2.34. The second kappa shape index (κ2) is 11.0. The summed E-state index contributed by atoms with van der Waals surface area (Å²) in [6.45, 7) is 6.28. The lowest BCUT2D eigenvalue weighted by Crippen LogP contribution is -2.36. The summed E-state index contributed by atoms with van der Waals surface area (Å²) in [4.78, 5) is 18.0. The molecule has 31 heavy (non-hydrogen) atoms. The highest BCUT2D eigenvalue weighted by Gasteiger charge is 2.33. The molecule has 3 rings (SSSR count). The minimum atomic E-state index is -4.50. The molecule has 2 aromatic rings. The van der Waals surface area contributed by atoms with Gasteiger partial charge in [0.2, 0.25) is 5.91 Å². The van der Waals surface area contributed by atoms with Gasteiger partial charge in [-0.1, -0.05) is 31.2 Å². The topological polar surface area (TPSA) is 35.6 Å². The molecule has 1 amide bonds. The van der Waals surface area contributed by atoms with Gasteiger partial charge >= 0.3 is 6.18 Å². The van der Waals surface area contributed by atoms with Crippen LogP contribution < -0.4 is 5.32 Å². The van der Waals surface area contributed by atoms with Gasteiger partial charge in [-0.15, -0.1) is 11.8 Å². The molecule has 1 aliphatic rings. The highest BCUT2D eigenvalue weighted by molar-refractivity contribution is 7.99. The molecule has 0 unspecified atom stereocenters. The molecule has 4 nitrogen and oxygen atoms in total. The Bertz CT molecular complexity index is 858. The van der Waals surface area contributed by atoms with E-state index in [4.69, 9.17) is 0 Å². The number of halogens is 3. The molecule has 1 saturated heterocycles. The minimum Gasteiger partial charge on any atom is -0.324 e. The first-order valence-electron chi connectivity index (χ1n) is 10.5. The summed E-state index contributed by atoms with van der Waals surface area (Å²) in [7, 11) is 0. The molecule has 0 saturated carbocycles. The number of nitrogens with zero attached hydrogens (tertiary/aromatic N) is 2. The molecule has 1 N–H and O–H groups in total. The molecule has 0 spiro atoms. The van der Waals surface area contributed by atoms with Gasteiger partial charge in [0.05, 0.1) is 17.8 Å². The van der Waals surface area contributed by atoms with Gasteiger partial charge < -0.3 is 5.32 Å². The zero-order chi connectivity index (χ0) is 22.3. The molecule has 0 aromatic heterocycles. The highest BCUT2D eigenvalue weighted by atomic mass is 32.2. The Morgan fingerprint density at radius 3 is 2.39 bits per heavy atom. The lowest BCUT2D eigenvalue weighted by Gasteiger charge is -2.22. The Morgan fingerprint density at radius 1 is 1.00 bits per heavy atom. The number of amides is 1. The smallest absolute Gasteiger partial charge is 0.324 e. The van der Waals surface area contributed by atoms with E-state index in [1.165, 1.54) is 28.7 Å². The number of nitrogens with one attached hydrogen (secondary N) is 1. The van der Waals surface area contributed by atoms with E-state index in [0.29, 0.717) is 6.54 Å². The fraction of sp³-hybridized carbons (Fsp3) is 0.435. The summed E-state index contributed by atoms with van der Waals surface area (Å²) >= 11 is 1.82. The van der Waals surface area contributed by atoms with Crippen molar-refractivity contribution in [3.63, 3.8) is 0 Å². The zero-order valence-corrected chi connectivity index (χ0v) is 18.4. The van der Waals surface area contributed by atoms with Gasteiger partial charge in [0, 0.05) is 24.5 Å². The number of alkyl halides is 3. The van der Waals surface area contributed by atoms with E-state index in [1.807, 2.05) is 16.7 Å². The van der Waals surface area contributed by atoms with E-state index in [-0.39, 0.29) is 12.2 Å². The number of carbonyl (C=O) groups is 1. The van der Waals surface area contributed by atoms with Gasteiger partial charge in [-0.05, 0) is 55.1 Å². The Hall–Kier alpha value is -2.03. The number of benzene rings is 2. The minimum absolute atomic E-state index is 0.0863. The average Bonchev–Trinajstić information content (AvgIpc) is 2.94. The zero-order valence-electron chi connectivity index (χ0n) is 17.6. The lowest BCUT2D eigenvalue weighted by atomic mass is 10.1. The number of para-hydroxylation sites is 1. The van der Waals surface area contributed by atoms with Crippen LogP contribution in [0, 0.1) is 0 Å². The van der Waals surface area contributed by atoms with E-state index in [0.717, 1.165) is 44.4 Å². The van der Waals surface area contributed by atoms with Crippen LogP contribution in [0.2, 0.25) is 0 Å². The van der Waals surface area contributed by atoms with Crippen molar-refractivity contribution >= 4 is 23.4 Å². The molecule has 1 aliphatic heterocycles. The summed E-state index contributed by atoms with van der Waals surface area (Å²) in [5.41, 5.74) is 0.241. The molecule has 168 valence electrons. The third-order valence-electron chi connectivity index (χ3n) is 5.20. The van der Waals surface area contributed by atoms with E-state index < -0.39 is 17.6 Å². The Kier molecular flexibility index (Phi) is 8.40. The maximum absolute atomic E-state index is 13.1. The first kappa shape index (κ1) is 23.6. The van der Waals surface area contributed by atoms with E-state index in [9.17, 15) is 18.0 Å². The summed E-state index contributed by atoms with van der Waals surface area (Å²) in [6, 6.07) is 13.7. The van der Waals surface area contributed by atoms with E-state index >= 15 is 0 Å². The Labute approximate surface area is 185 Å². The second-order valence-corrected chi connectivity index (χ2v) is 8.91. The van der Waals surface area contributed by atoms with E-state index in [2.05, 4.69) is 41.4 Å². The number of rotatable bonds is 7. The van der Waals surface area contributed by atoms with Gasteiger partial charge in [0.15, 0.2) is 0 Å². The molecule has 0 radical (unpaired) electrons. The van der Waals surface area contributed by atoms with Crippen molar-refractivity contribution in [1.82, 2.24) is 9.80 Å². The Balaban J connectivity index is 1.50. The SMILES string of the molecule is CCSc1ccc(CN2CCCN(CC(=O)Nc3ccccc3C(F)(F)F)CC2)cc1. The van der Waals surface area contributed by atoms with Crippen molar-refractivity contribution in [1.29, 1.82) is 0 Å². The van der Waals surface area contributed by atoms with Gasteiger partial charge in [0.25, 0.3) is 0 Å². The monoisotopic (exact) mass is 451 g/mol. The maximum Gasteiger partial charge on any atom is 0.418 e. The van der Waals surface area contributed by atoms with Crippen LogP contribution >= 0.6 is 11.8 Å². The fourth-order valence-corrected chi connectivity index (χ4v) is 4.35. The van der Waals surface area contributed by atoms with Crippen molar-refractivity contribution < 1.29 is 18.0 Å². The number of hydrogen-bond donors (Lipinski definition) is 1. The van der Waals surface area contributed by atoms with Crippen LogP contribution in [0.15, 0.2) is 53.4 Å². The fourth-order valence-electron chi connectivity index (χ4n) is 3.69. The van der Waals surface area contributed by atoms with Crippen LogP contribution in [-0.2, 0) is 17.5 Å². The number of hydrogen-bond acceptors (Lipinski definition) is 4. The standard InChI is InChI=1S/C23H28F3N3OS/c1-2-31-19-10-8-18(9-11-19)16-28-12-5-13-29(15-14-28)17-22(30)27-21-7-4-3-6-20(21)23(24,25)26/h3-4,6-11H,2,5,12-17H2,1H3,(H,27,30). The molecule has 1 heterocycles. The van der Waals surface area contributed by atoms with Gasteiger partial charge in [-0.2, -0.15) is 13.2 Å². The predicted octanol–water partition coefficient (Wildman–Crippen LogP) is 4.96. The second-order valence-electron chi connectivity index (χ2n) is 7.57. The molecule has 0 bridgehead atoms. The predicted molar refractivity (Wildman–Crippen MR) is 119 cm³/mol. The van der Waals surface area contributed by atoms with Crippen molar-refractivity contribution in [3.8, 4) is 0 Å². The quantitative estimate of drug-likeness (QED) is 0.604. The summed E-state index contributed by atoms with van der Waals surface area (Å²) in [6.07, 6.45) is -3.59. The number of carbonyl (C=O) groups excluding carboxylic acids is 1. The van der Waals surface area contributed by atoms with Crippen LogP contribution in [0.25, 0.3) is 0 Å². The number of anilines is 1. The summed E-state index contributed by atoms with van der Waals surface area (Å²) < 4.78 is 39.4. The molecular weight excluding hydrogens is 423 g/mol. The average molecular weight is 452 g/mol. The first-order chi connectivity index (χ1) is 14.8. The molecule has 0 aliphatic carbocycles. The van der Waals surface area contributed by atoms with Gasteiger partial charge in [0.1, 0.15) is 0 Å². The lowest BCUT2D eigenvalue weighted by molar-refractivity contribution is -0.137. The van der Waals surface area contributed by atoms with E-state index in [1.54, 1.807) is 0 Å². The molecule has 2 aromatic carbocycles. The van der Waals surface area contributed by atoms with Gasteiger partial charge in [-0.3, -0.25) is 14.6 Å². The normalized spacial score (nSPS) is 16.1. The van der Waals surface area contributed by atoms with Crippen molar-refractivity contribution in [3.05, 3.63) is 59.7 Å². The molecule has 8 heteroatoms. The van der Waals surface area contributed by atoms with Crippen molar-refractivity contribution in [2.75, 3.05) is 43.8 Å². The molecule has 0 atom stereocenters. The maximum atomic E-state index is 13.1. The van der Waals surface area contributed by atoms with Crippen LogP contribution in [-0.4, -0.2) is 54.2 Å². The number of thioether (sulfide) groups is 1. The molecule has 1 fully saturated rings. The molecular formula is C23H28F3N3OS. The van der Waals surface area contributed by atoms with Crippen LogP contribution in [0.4, 0.5) is 18.9 Å². The Morgan fingerprint density at radius 2 is 1.68 bits per heavy atom. The van der Waals surface area contributed by atoms with Crippen LogP contribution in [0.1, 0.15) is 24.5 Å². The summed E-state index contributed by atoms with van der Waals surface area (Å²) in [5, 5.41) is 2.44. The third-order valence-corrected chi connectivity index (χ3v) is 6.09. The van der Waals surface area contributed by atoms with Gasteiger partial charge in [-0.25, -0.2) is 0 Å². The largest absolute Gasteiger partial charge is 0.418 e. The third kappa shape index (κ3) is 7.26. The first-order valence-corrected chi connectivity index (χ1v) is 11.5. The van der Waals surface area contributed by atoms with Crippen molar-refractivity contribution in [2.24, 2.45) is 0 Å². The summed E-state index contributed by atoms with van der Waals surface area (Å²) in [5.74, 6) is 0.630. The van der Waals surface area contributed by atoms with Crippen molar-refractivity contribution in [2.45, 2.75) is 31.0 Å².